The zero-order chi connectivity index (χ0) is 8.97. The predicted molar refractivity (Wildman–Crippen MR) is 46.5 cm³/mol. The third-order valence-corrected chi connectivity index (χ3v) is 1.80. The van der Waals surface area contributed by atoms with E-state index in [1.165, 1.54) is 35.2 Å². The molecule has 0 fully saturated rings. The van der Waals surface area contributed by atoms with Crippen LogP contribution in [0.2, 0.25) is 0 Å². The zero-order valence-corrected chi connectivity index (χ0v) is 7.37. The average molecular weight is 184 g/mol. The number of aromatic nitrogens is 2. The third kappa shape index (κ3) is 2.13. The fourth-order valence-electron chi connectivity index (χ4n) is 0.531. The van der Waals surface area contributed by atoms with Crippen LogP contribution < -0.4 is 4.84 Å². The Morgan fingerprint density at radius 3 is 3.00 bits per heavy atom. The monoisotopic (exact) mass is 184 g/mol. The SMILES string of the molecule is C=C(SC)C(=O)On1ccnc1. The van der Waals surface area contributed by atoms with E-state index in [-0.39, 0.29) is 0 Å². The minimum atomic E-state index is -0.458. The zero-order valence-electron chi connectivity index (χ0n) is 6.56. The second-order valence-electron chi connectivity index (χ2n) is 1.93. The van der Waals surface area contributed by atoms with Gasteiger partial charge in [-0.2, -0.15) is 4.73 Å². The average Bonchev–Trinajstić information content (AvgIpc) is 2.55. The lowest BCUT2D eigenvalue weighted by molar-refractivity contribution is -0.138. The van der Waals surface area contributed by atoms with Gasteiger partial charge in [0.2, 0.25) is 0 Å². The summed E-state index contributed by atoms with van der Waals surface area (Å²) in [5.41, 5.74) is 0. The van der Waals surface area contributed by atoms with Crippen molar-refractivity contribution >= 4 is 17.7 Å². The lowest BCUT2D eigenvalue weighted by Crippen LogP contribution is -2.18. The molecule has 0 N–H and O–H groups in total. The smallest absolute Gasteiger partial charge is 0.330 e. The summed E-state index contributed by atoms with van der Waals surface area (Å²) in [5.74, 6) is -0.458. The molecule has 0 amide bonds. The van der Waals surface area contributed by atoms with E-state index in [2.05, 4.69) is 11.6 Å². The maximum atomic E-state index is 11.1. The van der Waals surface area contributed by atoms with Crippen LogP contribution >= 0.6 is 11.8 Å². The number of hydrogen-bond donors (Lipinski definition) is 0. The van der Waals surface area contributed by atoms with Crippen molar-refractivity contribution in [3.05, 3.63) is 30.2 Å². The summed E-state index contributed by atoms with van der Waals surface area (Å²) < 4.78 is 1.23. The highest BCUT2D eigenvalue weighted by molar-refractivity contribution is 8.03. The number of nitrogens with zero attached hydrogens (tertiary/aromatic N) is 2. The topological polar surface area (TPSA) is 44.1 Å². The summed E-state index contributed by atoms with van der Waals surface area (Å²) in [6.07, 6.45) is 6.21. The van der Waals surface area contributed by atoms with E-state index in [0.717, 1.165) is 0 Å². The maximum Gasteiger partial charge on any atom is 0.369 e. The molecule has 1 heterocycles. The number of thioether (sulfide) groups is 1. The highest BCUT2D eigenvalue weighted by atomic mass is 32.2. The lowest BCUT2D eigenvalue weighted by Gasteiger charge is -2.02. The summed E-state index contributed by atoms with van der Waals surface area (Å²) in [5, 5.41) is 0. The molecule has 0 saturated heterocycles. The lowest BCUT2D eigenvalue weighted by atomic mass is 10.7. The van der Waals surface area contributed by atoms with Gasteiger partial charge >= 0.3 is 5.97 Å². The molecule has 0 unspecified atom stereocenters. The Hall–Kier alpha value is -1.23. The first-order chi connectivity index (χ1) is 5.74. The van der Waals surface area contributed by atoms with Crippen LogP contribution in [0.25, 0.3) is 0 Å². The molecule has 1 rings (SSSR count). The maximum absolute atomic E-state index is 11.1. The van der Waals surface area contributed by atoms with Crippen LogP contribution in [0, 0.1) is 0 Å². The van der Waals surface area contributed by atoms with Crippen molar-refractivity contribution in [1.29, 1.82) is 0 Å². The van der Waals surface area contributed by atoms with Gasteiger partial charge in [0.15, 0.2) is 0 Å². The number of imidazole rings is 1. The van der Waals surface area contributed by atoms with Crippen LogP contribution in [0.1, 0.15) is 0 Å². The molecule has 0 aromatic carbocycles. The summed E-state index contributed by atoms with van der Waals surface area (Å²) in [7, 11) is 0. The second kappa shape index (κ2) is 3.96. The Balaban J connectivity index is 2.53. The second-order valence-corrected chi connectivity index (χ2v) is 2.83. The highest BCUT2D eigenvalue weighted by Crippen LogP contribution is 2.08. The van der Waals surface area contributed by atoms with Crippen molar-refractivity contribution in [3.8, 4) is 0 Å². The standard InChI is InChI=1S/C7H8N2O2S/c1-6(12-2)7(10)11-9-4-3-8-5-9/h3-5H,1H2,2H3. The molecule has 4 nitrogen and oxygen atoms in total. The molecule has 0 spiro atoms. The summed E-state index contributed by atoms with van der Waals surface area (Å²) in [4.78, 5) is 19.9. The predicted octanol–water partition coefficient (Wildman–Crippen LogP) is 0.715. The van der Waals surface area contributed by atoms with E-state index in [0.29, 0.717) is 4.91 Å². The highest BCUT2D eigenvalue weighted by Gasteiger charge is 2.07. The minimum Gasteiger partial charge on any atom is -0.330 e. The number of hydrogen-bond acceptors (Lipinski definition) is 4. The Morgan fingerprint density at radius 2 is 2.50 bits per heavy atom. The first-order valence-electron chi connectivity index (χ1n) is 3.17. The Kier molecular flexibility index (Phi) is 2.93. The van der Waals surface area contributed by atoms with Gasteiger partial charge in [0.25, 0.3) is 0 Å². The fourth-order valence-corrected chi connectivity index (χ4v) is 0.735. The molecule has 0 atom stereocenters. The molecule has 1 aromatic rings. The molecule has 0 saturated carbocycles. The van der Waals surface area contributed by atoms with Gasteiger partial charge in [0, 0.05) is 6.20 Å². The van der Waals surface area contributed by atoms with Gasteiger partial charge in [-0.1, -0.05) is 6.58 Å². The molecule has 0 aliphatic rings. The van der Waals surface area contributed by atoms with E-state index in [9.17, 15) is 4.79 Å². The van der Waals surface area contributed by atoms with Crippen LogP contribution in [-0.2, 0) is 4.79 Å². The van der Waals surface area contributed by atoms with Gasteiger partial charge < -0.3 is 4.84 Å². The molecule has 0 aliphatic heterocycles. The minimum absolute atomic E-state index is 0.365. The quantitative estimate of drug-likeness (QED) is 0.649. The van der Waals surface area contributed by atoms with E-state index >= 15 is 0 Å². The first kappa shape index (κ1) is 8.86. The first-order valence-corrected chi connectivity index (χ1v) is 4.40. The molecule has 0 radical (unpaired) electrons. The Labute approximate surface area is 74.2 Å². The van der Waals surface area contributed by atoms with Crippen molar-refractivity contribution in [2.24, 2.45) is 0 Å². The van der Waals surface area contributed by atoms with Crippen molar-refractivity contribution in [1.82, 2.24) is 9.71 Å². The number of carbonyl (C=O) groups is 1. The van der Waals surface area contributed by atoms with Crippen LogP contribution in [-0.4, -0.2) is 21.9 Å². The van der Waals surface area contributed by atoms with Gasteiger partial charge in [-0.3, -0.25) is 0 Å². The van der Waals surface area contributed by atoms with E-state index < -0.39 is 5.97 Å². The van der Waals surface area contributed by atoms with Crippen LogP contribution in [0.3, 0.4) is 0 Å². The third-order valence-electron chi connectivity index (χ3n) is 1.14. The van der Waals surface area contributed by atoms with E-state index in [4.69, 9.17) is 4.84 Å². The molecular formula is C7H8N2O2S. The molecule has 5 heteroatoms. The Bertz CT molecular complexity index is 282. The molecule has 64 valence electrons. The van der Waals surface area contributed by atoms with Crippen LogP contribution in [0.4, 0.5) is 0 Å². The largest absolute Gasteiger partial charge is 0.369 e. The Morgan fingerprint density at radius 1 is 1.75 bits per heavy atom. The van der Waals surface area contributed by atoms with Crippen LogP contribution in [0.5, 0.6) is 0 Å². The molecule has 0 aliphatic carbocycles. The normalized spacial score (nSPS) is 9.42. The van der Waals surface area contributed by atoms with Gasteiger partial charge in [0.1, 0.15) is 6.33 Å². The van der Waals surface area contributed by atoms with Gasteiger partial charge in [0.05, 0.1) is 11.1 Å². The summed E-state index contributed by atoms with van der Waals surface area (Å²) in [6, 6.07) is 0. The van der Waals surface area contributed by atoms with Crippen molar-refractivity contribution < 1.29 is 9.63 Å². The van der Waals surface area contributed by atoms with E-state index in [1.54, 1.807) is 6.26 Å². The fraction of sp³-hybridized carbons (Fsp3) is 0.143. The van der Waals surface area contributed by atoms with Gasteiger partial charge in [-0.15, -0.1) is 11.8 Å². The molecular weight excluding hydrogens is 176 g/mol. The van der Waals surface area contributed by atoms with Crippen molar-refractivity contribution in [2.45, 2.75) is 0 Å². The van der Waals surface area contributed by atoms with Crippen molar-refractivity contribution in [2.75, 3.05) is 6.26 Å². The molecule has 0 bridgehead atoms. The molecule has 1 aromatic heterocycles. The number of rotatable bonds is 3. The van der Waals surface area contributed by atoms with Crippen LogP contribution in [0.15, 0.2) is 30.2 Å². The number of carbonyl (C=O) groups excluding carboxylic acids is 1. The summed E-state index contributed by atoms with van der Waals surface area (Å²) in [6.45, 7) is 3.51. The van der Waals surface area contributed by atoms with E-state index in [1.807, 2.05) is 0 Å². The van der Waals surface area contributed by atoms with Gasteiger partial charge in [-0.05, 0) is 6.26 Å². The van der Waals surface area contributed by atoms with Crippen molar-refractivity contribution in [3.63, 3.8) is 0 Å². The van der Waals surface area contributed by atoms with Gasteiger partial charge in [-0.25, -0.2) is 9.78 Å². The summed E-state index contributed by atoms with van der Waals surface area (Å²) >= 11 is 1.25. The molecule has 12 heavy (non-hydrogen) atoms.